The van der Waals surface area contributed by atoms with E-state index >= 15 is 0 Å². The molecule has 0 radical (unpaired) electrons. The zero-order valence-electron chi connectivity index (χ0n) is 6.10. The van der Waals surface area contributed by atoms with Crippen molar-refractivity contribution in [2.24, 2.45) is 0 Å². The number of rotatable bonds is 2. The summed E-state index contributed by atoms with van der Waals surface area (Å²) in [6.45, 7) is 0.542. The minimum Gasteiger partial charge on any atom is -0.380 e. The highest BCUT2D eigenvalue weighted by Gasteiger charge is 2.02. The van der Waals surface area contributed by atoms with E-state index in [9.17, 15) is 0 Å². The minimum atomic E-state index is 0.542. The summed E-state index contributed by atoms with van der Waals surface area (Å²) in [6, 6.07) is 5.69. The molecule has 0 aliphatic carbocycles. The zero-order chi connectivity index (χ0) is 8.27. The average molecular weight is 236 g/mol. The Balaban J connectivity index is 3.00. The van der Waals surface area contributed by atoms with Crippen molar-refractivity contribution in [2.75, 3.05) is 7.11 Å². The molecule has 0 aromatic heterocycles. The fourth-order valence-corrected chi connectivity index (χ4v) is 1.64. The lowest BCUT2D eigenvalue weighted by molar-refractivity contribution is 0.184. The molecule has 1 rings (SSSR count). The Bertz CT molecular complexity index is 230. The van der Waals surface area contributed by atoms with Crippen LogP contribution in [0.2, 0.25) is 5.02 Å². The molecule has 60 valence electrons. The maximum Gasteiger partial charge on any atom is 0.0738 e. The molecular weight excluding hydrogens is 227 g/mol. The number of methoxy groups -OCH3 is 1. The van der Waals surface area contributed by atoms with E-state index in [0.29, 0.717) is 6.61 Å². The summed E-state index contributed by atoms with van der Waals surface area (Å²) in [6.07, 6.45) is 0. The van der Waals surface area contributed by atoms with Gasteiger partial charge in [0.15, 0.2) is 0 Å². The first-order chi connectivity index (χ1) is 5.25. The second-order valence-electron chi connectivity index (χ2n) is 2.13. The summed E-state index contributed by atoms with van der Waals surface area (Å²) in [5, 5.41) is 0.737. The lowest BCUT2D eigenvalue weighted by atomic mass is 10.2. The van der Waals surface area contributed by atoms with E-state index in [1.54, 1.807) is 7.11 Å². The van der Waals surface area contributed by atoms with Gasteiger partial charge in [0.2, 0.25) is 0 Å². The Morgan fingerprint density at radius 2 is 2.27 bits per heavy atom. The third kappa shape index (κ3) is 2.19. The first-order valence-electron chi connectivity index (χ1n) is 3.17. The summed E-state index contributed by atoms with van der Waals surface area (Å²) >= 11 is 9.28. The van der Waals surface area contributed by atoms with Gasteiger partial charge in [-0.1, -0.05) is 33.6 Å². The van der Waals surface area contributed by atoms with Gasteiger partial charge < -0.3 is 4.74 Å². The highest BCUT2D eigenvalue weighted by atomic mass is 79.9. The second kappa shape index (κ2) is 4.10. The maximum atomic E-state index is 5.90. The van der Waals surface area contributed by atoms with Gasteiger partial charge >= 0.3 is 0 Å². The second-order valence-corrected chi connectivity index (χ2v) is 3.39. The molecule has 0 amide bonds. The molecule has 0 aliphatic heterocycles. The number of hydrogen-bond donors (Lipinski definition) is 0. The molecular formula is C8H8BrClO. The van der Waals surface area contributed by atoms with Gasteiger partial charge in [-0.25, -0.2) is 0 Å². The van der Waals surface area contributed by atoms with E-state index in [0.717, 1.165) is 15.1 Å². The smallest absolute Gasteiger partial charge is 0.0738 e. The molecule has 0 fully saturated rings. The van der Waals surface area contributed by atoms with Gasteiger partial charge in [-0.3, -0.25) is 0 Å². The molecule has 0 unspecified atom stereocenters. The Morgan fingerprint density at radius 1 is 1.55 bits per heavy atom. The van der Waals surface area contributed by atoms with E-state index in [1.807, 2.05) is 18.2 Å². The lowest BCUT2D eigenvalue weighted by Crippen LogP contribution is -1.89. The quantitative estimate of drug-likeness (QED) is 0.765. The maximum absolute atomic E-state index is 5.90. The van der Waals surface area contributed by atoms with E-state index in [4.69, 9.17) is 16.3 Å². The highest BCUT2D eigenvalue weighted by molar-refractivity contribution is 9.10. The molecule has 1 nitrogen and oxygen atoms in total. The van der Waals surface area contributed by atoms with Crippen molar-refractivity contribution in [3.63, 3.8) is 0 Å². The first kappa shape index (κ1) is 9.04. The predicted molar refractivity (Wildman–Crippen MR) is 49.9 cm³/mol. The molecule has 1 aromatic carbocycles. The van der Waals surface area contributed by atoms with E-state index in [1.165, 1.54) is 0 Å². The molecule has 0 bridgehead atoms. The molecule has 0 N–H and O–H groups in total. The SMILES string of the molecule is COCc1c(Cl)cccc1Br. The van der Waals surface area contributed by atoms with Crippen LogP contribution >= 0.6 is 27.5 Å². The van der Waals surface area contributed by atoms with Gasteiger partial charge in [0.05, 0.1) is 6.61 Å². The van der Waals surface area contributed by atoms with Gasteiger partial charge in [0.25, 0.3) is 0 Å². The number of hydrogen-bond acceptors (Lipinski definition) is 1. The third-order valence-electron chi connectivity index (χ3n) is 1.35. The number of ether oxygens (including phenoxy) is 1. The van der Waals surface area contributed by atoms with Crippen LogP contribution in [0.3, 0.4) is 0 Å². The fourth-order valence-electron chi connectivity index (χ4n) is 0.815. The molecule has 11 heavy (non-hydrogen) atoms. The van der Waals surface area contributed by atoms with E-state index in [2.05, 4.69) is 15.9 Å². The van der Waals surface area contributed by atoms with Crippen molar-refractivity contribution in [1.29, 1.82) is 0 Å². The van der Waals surface area contributed by atoms with Crippen LogP contribution in [0.25, 0.3) is 0 Å². The van der Waals surface area contributed by atoms with Crippen molar-refractivity contribution in [1.82, 2.24) is 0 Å². The normalized spacial score (nSPS) is 10.1. The molecule has 1 aromatic rings. The summed E-state index contributed by atoms with van der Waals surface area (Å²) in [7, 11) is 1.65. The van der Waals surface area contributed by atoms with Crippen LogP contribution in [-0.4, -0.2) is 7.11 Å². The Hall–Kier alpha value is -0.0500. The highest BCUT2D eigenvalue weighted by Crippen LogP contribution is 2.24. The summed E-state index contributed by atoms with van der Waals surface area (Å²) in [5.41, 5.74) is 0.997. The van der Waals surface area contributed by atoms with Crippen LogP contribution in [-0.2, 0) is 11.3 Å². The fraction of sp³-hybridized carbons (Fsp3) is 0.250. The van der Waals surface area contributed by atoms with E-state index in [-0.39, 0.29) is 0 Å². The van der Waals surface area contributed by atoms with Crippen LogP contribution < -0.4 is 0 Å². The Morgan fingerprint density at radius 3 is 2.82 bits per heavy atom. The van der Waals surface area contributed by atoms with Crippen LogP contribution in [0.4, 0.5) is 0 Å². The molecule has 0 heterocycles. The summed E-state index contributed by atoms with van der Waals surface area (Å²) < 4.78 is 5.97. The standard InChI is InChI=1S/C8H8BrClO/c1-11-5-6-7(9)3-2-4-8(6)10/h2-4H,5H2,1H3. The van der Waals surface area contributed by atoms with Gasteiger partial charge in [0.1, 0.15) is 0 Å². The van der Waals surface area contributed by atoms with Crippen LogP contribution in [0.1, 0.15) is 5.56 Å². The Labute approximate surface area is 79.4 Å². The summed E-state index contributed by atoms with van der Waals surface area (Å²) in [4.78, 5) is 0. The predicted octanol–water partition coefficient (Wildman–Crippen LogP) is 3.25. The number of benzene rings is 1. The number of halogens is 2. The largest absolute Gasteiger partial charge is 0.380 e. The van der Waals surface area contributed by atoms with Crippen molar-refractivity contribution >= 4 is 27.5 Å². The molecule has 0 atom stereocenters. The lowest BCUT2D eigenvalue weighted by Gasteiger charge is -2.04. The van der Waals surface area contributed by atoms with Crippen LogP contribution in [0.15, 0.2) is 22.7 Å². The van der Waals surface area contributed by atoms with Gasteiger partial charge in [-0.15, -0.1) is 0 Å². The van der Waals surface area contributed by atoms with Gasteiger partial charge in [-0.2, -0.15) is 0 Å². The molecule has 0 spiro atoms. The van der Waals surface area contributed by atoms with E-state index < -0.39 is 0 Å². The Kier molecular flexibility index (Phi) is 3.37. The first-order valence-corrected chi connectivity index (χ1v) is 4.34. The molecule has 0 aliphatic rings. The van der Waals surface area contributed by atoms with Crippen molar-refractivity contribution in [3.8, 4) is 0 Å². The van der Waals surface area contributed by atoms with Crippen molar-refractivity contribution in [2.45, 2.75) is 6.61 Å². The summed E-state index contributed by atoms with van der Waals surface area (Å²) in [5.74, 6) is 0. The topological polar surface area (TPSA) is 9.23 Å². The minimum absolute atomic E-state index is 0.542. The molecule has 3 heteroatoms. The molecule has 0 saturated heterocycles. The zero-order valence-corrected chi connectivity index (χ0v) is 8.45. The van der Waals surface area contributed by atoms with Crippen LogP contribution in [0.5, 0.6) is 0 Å². The van der Waals surface area contributed by atoms with Gasteiger partial charge in [-0.05, 0) is 12.1 Å². The third-order valence-corrected chi connectivity index (χ3v) is 2.45. The van der Waals surface area contributed by atoms with Gasteiger partial charge in [0, 0.05) is 22.2 Å². The van der Waals surface area contributed by atoms with Crippen molar-refractivity contribution in [3.05, 3.63) is 33.3 Å². The monoisotopic (exact) mass is 234 g/mol. The molecule has 0 saturated carbocycles. The van der Waals surface area contributed by atoms with Crippen LogP contribution in [0, 0.1) is 0 Å². The average Bonchev–Trinajstić information content (AvgIpc) is 1.97. The van der Waals surface area contributed by atoms with Crippen molar-refractivity contribution < 1.29 is 4.74 Å².